The van der Waals surface area contributed by atoms with Crippen LogP contribution in [0.5, 0.6) is 0 Å². The largest absolute Gasteiger partial charge is 0.317 e. The van der Waals surface area contributed by atoms with Gasteiger partial charge in [-0.3, -0.25) is 4.79 Å². The van der Waals surface area contributed by atoms with Crippen LogP contribution in [0.25, 0.3) is 0 Å². The van der Waals surface area contributed by atoms with E-state index in [0.717, 1.165) is 30.9 Å². The number of hydrogen-bond acceptors (Lipinski definition) is 3. The third kappa shape index (κ3) is 3.16. The van der Waals surface area contributed by atoms with E-state index in [1.165, 1.54) is 12.8 Å². The summed E-state index contributed by atoms with van der Waals surface area (Å²) in [5.74, 6) is 1.73. The van der Waals surface area contributed by atoms with Gasteiger partial charge in [0.1, 0.15) is 5.82 Å². The lowest BCUT2D eigenvalue weighted by Crippen LogP contribution is -2.29. The van der Waals surface area contributed by atoms with Gasteiger partial charge < -0.3 is 10.3 Å². The molecular weight excluding hydrogens is 214 g/mol. The van der Waals surface area contributed by atoms with E-state index in [1.54, 1.807) is 6.20 Å². The van der Waals surface area contributed by atoms with E-state index < -0.39 is 0 Å². The normalized spacial score (nSPS) is 17.6. The minimum absolute atomic E-state index is 0.0268. The van der Waals surface area contributed by atoms with Crippen molar-refractivity contribution in [2.24, 2.45) is 5.92 Å². The van der Waals surface area contributed by atoms with Crippen molar-refractivity contribution in [3.8, 4) is 0 Å². The molecule has 0 saturated carbocycles. The second-order valence-electron chi connectivity index (χ2n) is 5.17. The second-order valence-corrected chi connectivity index (χ2v) is 5.17. The highest BCUT2D eigenvalue weighted by Gasteiger charge is 2.15. The molecule has 1 aliphatic heterocycles. The van der Waals surface area contributed by atoms with Crippen molar-refractivity contribution in [1.29, 1.82) is 0 Å². The van der Waals surface area contributed by atoms with E-state index in [9.17, 15) is 4.79 Å². The van der Waals surface area contributed by atoms with E-state index >= 15 is 0 Å². The first-order valence-electron chi connectivity index (χ1n) is 6.45. The Morgan fingerprint density at radius 2 is 2.12 bits per heavy atom. The zero-order chi connectivity index (χ0) is 12.3. The van der Waals surface area contributed by atoms with Crippen molar-refractivity contribution in [2.75, 3.05) is 13.1 Å². The Labute approximate surface area is 102 Å². The number of H-pyrrole nitrogens is 1. The molecule has 0 aliphatic carbocycles. The topological polar surface area (TPSA) is 57.8 Å². The molecule has 1 aromatic rings. The fourth-order valence-electron chi connectivity index (χ4n) is 2.32. The van der Waals surface area contributed by atoms with Crippen molar-refractivity contribution in [2.45, 2.75) is 39.0 Å². The van der Waals surface area contributed by atoms with E-state index in [4.69, 9.17) is 0 Å². The van der Waals surface area contributed by atoms with Crippen molar-refractivity contribution < 1.29 is 0 Å². The molecule has 1 fully saturated rings. The van der Waals surface area contributed by atoms with Crippen LogP contribution in [0.1, 0.15) is 44.0 Å². The van der Waals surface area contributed by atoms with Gasteiger partial charge in [-0.2, -0.15) is 0 Å². The number of nitrogens with zero attached hydrogens (tertiary/aromatic N) is 1. The molecule has 2 N–H and O–H groups in total. The monoisotopic (exact) mass is 235 g/mol. The minimum Gasteiger partial charge on any atom is -0.317 e. The summed E-state index contributed by atoms with van der Waals surface area (Å²) in [6.45, 7) is 6.19. The molecule has 0 atom stereocenters. The predicted octanol–water partition coefficient (Wildman–Crippen LogP) is 1.44. The zero-order valence-electron chi connectivity index (χ0n) is 10.6. The SMILES string of the molecule is CC(C)c1cnc(CC2CCNCC2)[nH]c1=O. The van der Waals surface area contributed by atoms with Crippen LogP contribution in [0.3, 0.4) is 0 Å². The van der Waals surface area contributed by atoms with Gasteiger partial charge in [0.15, 0.2) is 0 Å². The molecule has 2 heterocycles. The van der Waals surface area contributed by atoms with Crippen LogP contribution in [0.2, 0.25) is 0 Å². The summed E-state index contributed by atoms with van der Waals surface area (Å²) in [7, 11) is 0. The summed E-state index contributed by atoms with van der Waals surface area (Å²) in [5, 5.41) is 3.34. The number of piperidine rings is 1. The Bertz CT molecular complexity index is 419. The number of rotatable bonds is 3. The maximum Gasteiger partial charge on any atom is 0.254 e. The van der Waals surface area contributed by atoms with Crippen molar-refractivity contribution >= 4 is 0 Å². The Balaban J connectivity index is 2.06. The Morgan fingerprint density at radius 3 is 2.71 bits per heavy atom. The summed E-state index contributed by atoms with van der Waals surface area (Å²) in [5.41, 5.74) is 0.804. The molecule has 0 spiro atoms. The number of nitrogens with one attached hydrogen (secondary N) is 2. The quantitative estimate of drug-likeness (QED) is 0.833. The third-order valence-electron chi connectivity index (χ3n) is 3.44. The first-order valence-corrected chi connectivity index (χ1v) is 6.45. The highest BCUT2D eigenvalue weighted by atomic mass is 16.1. The fourth-order valence-corrected chi connectivity index (χ4v) is 2.32. The van der Waals surface area contributed by atoms with Gasteiger partial charge in [-0.15, -0.1) is 0 Å². The maximum atomic E-state index is 11.8. The minimum atomic E-state index is 0.0268. The molecule has 2 rings (SSSR count). The van der Waals surface area contributed by atoms with E-state index in [0.29, 0.717) is 5.92 Å². The van der Waals surface area contributed by atoms with Crippen molar-refractivity contribution in [3.05, 3.63) is 27.9 Å². The number of aromatic amines is 1. The van der Waals surface area contributed by atoms with Gasteiger partial charge in [0.2, 0.25) is 0 Å². The summed E-state index contributed by atoms with van der Waals surface area (Å²) >= 11 is 0. The summed E-state index contributed by atoms with van der Waals surface area (Å²) in [6.07, 6.45) is 4.99. The van der Waals surface area contributed by atoms with Crippen LogP contribution < -0.4 is 10.9 Å². The van der Waals surface area contributed by atoms with Crippen molar-refractivity contribution in [3.63, 3.8) is 0 Å². The number of aromatic nitrogens is 2. The zero-order valence-corrected chi connectivity index (χ0v) is 10.6. The predicted molar refractivity (Wildman–Crippen MR) is 68.2 cm³/mol. The first-order chi connectivity index (χ1) is 8.16. The molecular formula is C13H21N3O. The molecule has 1 aromatic heterocycles. The van der Waals surface area contributed by atoms with Crippen LogP contribution in [0, 0.1) is 5.92 Å². The van der Waals surface area contributed by atoms with Gasteiger partial charge in [0.25, 0.3) is 5.56 Å². The van der Waals surface area contributed by atoms with E-state index in [1.807, 2.05) is 13.8 Å². The maximum absolute atomic E-state index is 11.8. The molecule has 0 aromatic carbocycles. The molecule has 1 saturated heterocycles. The Morgan fingerprint density at radius 1 is 1.41 bits per heavy atom. The molecule has 0 unspecified atom stereocenters. The van der Waals surface area contributed by atoms with Crippen LogP contribution >= 0.6 is 0 Å². The average Bonchev–Trinajstić information content (AvgIpc) is 2.30. The lowest BCUT2D eigenvalue weighted by Gasteiger charge is -2.21. The first kappa shape index (κ1) is 12.3. The average molecular weight is 235 g/mol. The fraction of sp³-hybridized carbons (Fsp3) is 0.692. The third-order valence-corrected chi connectivity index (χ3v) is 3.44. The molecule has 17 heavy (non-hydrogen) atoms. The van der Waals surface area contributed by atoms with Gasteiger partial charge in [0, 0.05) is 18.2 Å². The second kappa shape index (κ2) is 5.45. The van der Waals surface area contributed by atoms with Gasteiger partial charge in [-0.05, 0) is 37.8 Å². The highest BCUT2D eigenvalue weighted by Crippen LogP contribution is 2.15. The van der Waals surface area contributed by atoms with Gasteiger partial charge in [-0.1, -0.05) is 13.8 Å². The summed E-state index contributed by atoms with van der Waals surface area (Å²) in [4.78, 5) is 19.1. The standard InChI is InChI=1S/C13H21N3O/c1-9(2)11-8-15-12(16-13(11)17)7-10-3-5-14-6-4-10/h8-10,14H,3-7H2,1-2H3,(H,15,16,17). The molecule has 0 radical (unpaired) electrons. The van der Waals surface area contributed by atoms with Gasteiger partial charge in [0.05, 0.1) is 0 Å². The van der Waals surface area contributed by atoms with Crippen LogP contribution in [-0.4, -0.2) is 23.1 Å². The lowest BCUT2D eigenvalue weighted by molar-refractivity contribution is 0.367. The molecule has 0 amide bonds. The van der Waals surface area contributed by atoms with Gasteiger partial charge in [-0.25, -0.2) is 4.98 Å². The molecule has 0 bridgehead atoms. The summed E-state index contributed by atoms with van der Waals surface area (Å²) < 4.78 is 0. The van der Waals surface area contributed by atoms with Crippen molar-refractivity contribution in [1.82, 2.24) is 15.3 Å². The molecule has 1 aliphatic rings. The van der Waals surface area contributed by atoms with E-state index in [2.05, 4.69) is 15.3 Å². The Hall–Kier alpha value is -1.16. The lowest BCUT2D eigenvalue weighted by atomic mass is 9.94. The van der Waals surface area contributed by atoms with Gasteiger partial charge >= 0.3 is 0 Å². The molecule has 94 valence electrons. The van der Waals surface area contributed by atoms with Crippen LogP contribution in [0.4, 0.5) is 0 Å². The highest BCUT2D eigenvalue weighted by molar-refractivity contribution is 5.10. The number of hydrogen-bond donors (Lipinski definition) is 2. The van der Waals surface area contributed by atoms with Crippen LogP contribution in [-0.2, 0) is 6.42 Å². The van der Waals surface area contributed by atoms with E-state index in [-0.39, 0.29) is 11.5 Å². The summed E-state index contributed by atoms with van der Waals surface area (Å²) in [6, 6.07) is 0. The Kier molecular flexibility index (Phi) is 3.94. The molecule has 4 heteroatoms. The smallest absolute Gasteiger partial charge is 0.254 e. The molecule has 4 nitrogen and oxygen atoms in total. The van der Waals surface area contributed by atoms with Crippen LogP contribution in [0.15, 0.2) is 11.0 Å².